The van der Waals surface area contributed by atoms with Crippen LogP contribution in [0.5, 0.6) is 0 Å². The van der Waals surface area contributed by atoms with Gasteiger partial charge in [-0.3, -0.25) is 0 Å². The van der Waals surface area contributed by atoms with Crippen molar-refractivity contribution in [2.24, 2.45) is 0 Å². The minimum Gasteiger partial charge on any atom is -0.0619 e. The van der Waals surface area contributed by atoms with Gasteiger partial charge < -0.3 is 0 Å². The zero-order valence-corrected chi connectivity index (χ0v) is 10.4. The number of rotatable bonds is 0. The van der Waals surface area contributed by atoms with Crippen LogP contribution in [0.3, 0.4) is 0 Å². The van der Waals surface area contributed by atoms with E-state index in [2.05, 4.69) is 61.5 Å². The van der Waals surface area contributed by atoms with Crippen LogP contribution in [-0.2, 0) is 6.42 Å². The Morgan fingerprint density at radius 1 is 0.778 bits per heavy atom. The molecule has 0 N–H and O–H groups in total. The van der Waals surface area contributed by atoms with Gasteiger partial charge in [-0.05, 0) is 58.0 Å². The molecule has 86 valence electrons. The molecule has 3 aromatic carbocycles. The van der Waals surface area contributed by atoms with E-state index >= 15 is 0 Å². The lowest BCUT2D eigenvalue weighted by molar-refractivity contribution is 1.27. The van der Waals surface area contributed by atoms with Crippen molar-refractivity contribution >= 4 is 10.8 Å². The molecule has 0 heterocycles. The van der Waals surface area contributed by atoms with Gasteiger partial charge in [0.1, 0.15) is 0 Å². The molecule has 0 aromatic heterocycles. The molecule has 1 aliphatic rings. The molecular formula is C18H14. The second kappa shape index (κ2) is 3.46. The maximum Gasteiger partial charge on any atom is -0.00132 e. The molecule has 0 atom stereocenters. The van der Waals surface area contributed by atoms with Gasteiger partial charge in [0, 0.05) is 0 Å². The van der Waals surface area contributed by atoms with Crippen molar-refractivity contribution in [2.75, 3.05) is 0 Å². The van der Waals surface area contributed by atoms with Crippen LogP contribution in [0.25, 0.3) is 21.9 Å². The van der Waals surface area contributed by atoms with E-state index in [1.54, 1.807) is 0 Å². The van der Waals surface area contributed by atoms with E-state index in [0.29, 0.717) is 0 Å². The van der Waals surface area contributed by atoms with E-state index in [9.17, 15) is 0 Å². The third-order valence-electron chi connectivity index (χ3n) is 4.01. The highest BCUT2D eigenvalue weighted by Gasteiger charge is 2.18. The molecule has 0 amide bonds. The zero-order chi connectivity index (χ0) is 12.1. The Kier molecular flexibility index (Phi) is 1.90. The van der Waals surface area contributed by atoms with E-state index in [-0.39, 0.29) is 0 Å². The summed E-state index contributed by atoms with van der Waals surface area (Å²) in [4.78, 5) is 0. The van der Waals surface area contributed by atoms with Crippen LogP contribution in [0.4, 0.5) is 0 Å². The van der Waals surface area contributed by atoms with Crippen LogP contribution in [0.1, 0.15) is 16.7 Å². The average molecular weight is 230 g/mol. The number of hydrogen-bond acceptors (Lipinski definition) is 0. The Morgan fingerprint density at radius 3 is 2.61 bits per heavy atom. The molecule has 0 saturated carbocycles. The molecule has 0 fully saturated rings. The predicted molar refractivity (Wildman–Crippen MR) is 76.9 cm³/mol. The summed E-state index contributed by atoms with van der Waals surface area (Å²) in [6.07, 6.45) is 1.08. The second-order valence-electron chi connectivity index (χ2n) is 5.14. The maximum atomic E-state index is 2.37. The molecular weight excluding hydrogens is 216 g/mol. The first kappa shape index (κ1) is 9.90. The van der Waals surface area contributed by atoms with Crippen LogP contribution in [0.2, 0.25) is 0 Å². The van der Waals surface area contributed by atoms with Crippen molar-refractivity contribution in [1.82, 2.24) is 0 Å². The quantitative estimate of drug-likeness (QED) is 0.410. The Morgan fingerprint density at radius 2 is 1.67 bits per heavy atom. The Balaban J connectivity index is 2.09. The fraction of sp³-hybridized carbons (Fsp3) is 0.111. The van der Waals surface area contributed by atoms with Crippen LogP contribution in [-0.4, -0.2) is 0 Å². The van der Waals surface area contributed by atoms with Crippen molar-refractivity contribution in [1.29, 1.82) is 0 Å². The first-order valence-electron chi connectivity index (χ1n) is 6.43. The highest BCUT2D eigenvalue weighted by Crippen LogP contribution is 2.39. The van der Waals surface area contributed by atoms with Gasteiger partial charge in [0.05, 0.1) is 0 Å². The average Bonchev–Trinajstić information content (AvgIpc) is 2.75. The van der Waals surface area contributed by atoms with E-state index in [1.165, 1.54) is 38.6 Å². The first-order valence-corrected chi connectivity index (χ1v) is 6.43. The van der Waals surface area contributed by atoms with Gasteiger partial charge in [-0.25, -0.2) is 0 Å². The smallest absolute Gasteiger partial charge is 0.00132 e. The minimum atomic E-state index is 1.08. The summed E-state index contributed by atoms with van der Waals surface area (Å²) in [7, 11) is 0. The molecule has 18 heavy (non-hydrogen) atoms. The minimum absolute atomic E-state index is 1.08. The Bertz CT molecular complexity index is 766. The molecule has 0 saturated heterocycles. The SMILES string of the molecule is Cc1cccc2cc3c(cc12)-c1ccccc1C3. The third-order valence-corrected chi connectivity index (χ3v) is 4.01. The summed E-state index contributed by atoms with van der Waals surface area (Å²) in [5, 5.41) is 2.74. The standard InChI is InChI=1S/C18H14/c1-12-5-4-7-14-10-15-9-13-6-2-3-8-16(13)18(15)11-17(12)14/h2-8,10-11H,9H2,1H3. The van der Waals surface area contributed by atoms with Gasteiger partial charge in [0.2, 0.25) is 0 Å². The highest BCUT2D eigenvalue weighted by atomic mass is 14.2. The van der Waals surface area contributed by atoms with Crippen LogP contribution in [0, 0.1) is 6.92 Å². The molecule has 0 nitrogen and oxygen atoms in total. The van der Waals surface area contributed by atoms with Gasteiger partial charge in [-0.15, -0.1) is 0 Å². The summed E-state index contributed by atoms with van der Waals surface area (Å²) < 4.78 is 0. The van der Waals surface area contributed by atoms with E-state index in [0.717, 1.165) is 6.42 Å². The lowest BCUT2D eigenvalue weighted by Crippen LogP contribution is -1.83. The lowest BCUT2D eigenvalue weighted by atomic mass is 9.98. The fourth-order valence-electron chi connectivity index (χ4n) is 3.07. The lowest BCUT2D eigenvalue weighted by Gasteiger charge is -2.06. The monoisotopic (exact) mass is 230 g/mol. The van der Waals surface area contributed by atoms with Crippen molar-refractivity contribution in [2.45, 2.75) is 13.3 Å². The van der Waals surface area contributed by atoms with E-state index < -0.39 is 0 Å². The molecule has 0 bridgehead atoms. The molecule has 0 radical (unpaired) electrons. The Labute approximate surface area is 107 Å². The molecule has 0 unspecified atom stereocenters. The summed E-state index contributed by atoms with van der Waals surface area (Å²) in [6, 6.07) is 20.0. The number of aryl methyl sites for hydroxylation is 1. The van der Waals surface area contributed by atoms with Crippen LogP contribution < -0.4 is 0 Å². The molecule has 4 rings (SSSR count). The normalized spacial score (nSPS) is 12.5. The van der Waals surface area contributed by atoms with Gasteiger partial charge in [-0.1, -0.05) is 48.5 Å². The van der Waals surface area contributed by atoms with Crippen LogP contribution >= 0.6 is 0 Å². The molecule has 0 spiro atoms. The number of fused-ring (bicyclic) bond motifs is 4. The molecule has 3 aromatic rings. The van der Waals surface area contributed by atoms with E-state index in [1.807, 2.05) is 0 Å². The van der Waals surface area contributed by atoms with Crippen LogP contribution in [0.15, 0.2) is 54.6 Å². The van der Waals surface area contributed by atoms with Crippen molar-refractivity contribution < 1.29 is 0 Å². The summed E-state index contributed by atoms with van der Waals surface area (Å²) in [6.45, 7) is 2.19. The predicted octanol–water partition coefficient (Wildman–Crippen LogP) is 4.72. The number of hydrogen-bond donors (Lipinski definition) is 0. The Hall–Kier alpha value is -2.08. The van der Waals surface area contributed by atoms with Gasteiger partial charge in [-0.2, -0.15) is 0 Å². The topological polar surface area (TPSA) is 0 Å². The van der Waals surface area contributed by atoms with E-state index in [4.69, 9.17) is 0 Å². The zero-order valence-electron chi connectivity index (χ0n) is 10.4. The molecule has 0 heteroatoms. The molecule has 0 aliphatic heterocycles. The summed E-state index contributed by atoms with van der Waals surface area (Å²) >= 11 is 0. The highest BCUT2D eigenvalue weighted by molar-refractivity contribution is 5.93. The summed E-state index contributed by atoms with van der Waals surface area (Å²) in [5.74, 6) is 0. The maximum absolute atomic E-state index is 2.37. The van der Waals surface area contributed by atoms with Crippen molar-refractivity contribution in [3.05, 3.63) is 71.3 Å². The van der Waals surface area contributed by atoms with Crippen molar-refractivity contribution in [3.8, 4) is 11.1 Å². The summed E-state index contributed by atoms with van der Waals surface area (Å²) in [5.41, 5.74) is 7.12. The van der Waals surface area contributed by atoms with Gasteiger partial charge in [0.15, 0.2) is 0 Å². The second-order valence-corrected chi connectivity index (χ2v) is 5.14. The fourth-order valence-corrected chi connectivity index (χ4v) is 3.07. The van der Waals surface area contributed by atoms with Gasteiger partial charge >= 0.3 is 0 Å². The third kappa shape index (κ3) is 1.26. The first-order chi connectivity index (χ1) is 8.83. The largest absolute Gasteiger partial charge is 0.0619 e. The number of benzene rings is 3. The van der Waals surface area contributed by atoms with Gasteiger partial charge in [0.25, 0.3) is 0 Å². The van der Waals surface area contributed by atoms with Crippen molar-refractivity contribution in [3.63, 3.8) is 0 Å². The molecule has 1 aliphatic carbocycles.